The van der Waals surface area contributed by atoms with Crippen LogP contribution in [-0.2, 0) is 0 Å². The zero-order valence-electron chi connectivity index (χ0n) is 7.53. The van der Waals surface area contributed by atoms with Gasteiger partial charge in [0.1, 0.15) is 5.82 Å². The number of Topliss-reactive ketones (excluding diaryl/α,β-unsaturated/α-hetero) is 1. The first-order valence-electron chi connectivity index (χ1n) is 4.11. The second-order valence-corrected chi connectivity index (χ2v) is 2.94. The molecule has 0 aromatic carbocycles. The van der Waals surface area contributed by atoms with Crippen LogP contribution in [-0.4, -0.2) is 17.3 Å². The molecule has 0 aliphatic heterocycles. The molecule has 4 nitrogen and oxygen atoms in total. The number of nitrogen functional groups attached to an aromatic ring is 1. The minimum absolute atomic E-state index is 0.0481. The van der Waals surface area contributed by atoms with Crippen molar-refractivity contribution in [2.45, 2.75) is 6.92 Å². The Balaban J connectivity index is 2.95. The molecule has 0 saturated carbocycles. The van der Waals surface area contributed by atoms with Gasteiger partial charge in [0.25, 0.3) is 0 Å². The summed E-state index contributed by atoms with van der Waals surface area (Å²) >= 11 is 0. The van der Waals surface area contributed by atoms with Crippen molar-refractivity contribution < 1.29 is 4.79 Å². The average Bonchev–Trinajstić information content (AvgIpc) is 2.16. The number of anilines is 1. The topological polar surface area (TPSA) is 82.0 Å². The van der Waals surface area contributed by atoms with Gasteiger partial charge in [-0.2, -0.15) is 0 Å². The molecule has 0 amide bonds. The lowest BCUT2D eigenvalue weighted by atomic mass is 10.0. The van der Waals surface area contributed by atoms with Crippen LogP contribution in [0.1, 0.15) is 17.3 Å². The summed E-state index contributed by atoms with van der Waals surface area (Å²) in [5, 5.41) is 0. The van der Waals surface area contributed by atoms with Crippen LogP contribution < -0.4 is 11.5 Å². The molecule has 1 rings (SSSR count). The molecule has 1 aromatic rings. The van der Waals surface area contributed by atoms with Crippen LogP contribution in [0.3, 0.4) is 0 Å². The summed E-state index contributed by atoms with van der Waals surface area (Å²) in [5.74, 6) is 0.0207. The minimum Gasteiger partial charge on any atom is -0.383 e. The number of nitrogens with two attached hydrogens (primary N) is 2. The van der Waals surface area contributed by atoms with Crippen LogP contribution in [0.5, 0.6) is 0 Å². The van der Waals surface area contributed by atoms with Crippen molar-refractivity contribution in [3.05, 3.63) is 23.9 Å². The molecule has 1 unspecified atom stereocenters. The normalized spacial score (nSPS) is 12.5. The van der Waals surface area contributed by atoms with Crippen molar-refractivity contribution >= 4 is 11.6 Å². The lowest BCUT2D eigenvalue weighted by molar-refractivity contribution is 0.0935. The van der Waals surface area contributed by atoms with Crippen molar-refractivity contribution in [2.75, 3.05) is 12.3 Å². The van der Waals surface area contributed by atoms with Crippen molar-refractivity contribution in [3.63, 3.8) is 0 Å². The van der Waals surface area contributed by atoms with Gasteiger partial charge in [0.15, 0.2) is 5.78 Å². The van der Waals surface area contributed by atoms with E-state index in [1.807, 2.05) is 0 Å². The molecule has 0 fully saturated rings. The molecule has 70 valence electrons. The highest BCUT2D eigenvalue weighted by Crippen LogP contribution is 2.12. The number of aromatic nitrogens is 1. The van der Waals surface area contributed by atoms with Crippen molar-refractivity contribution in [1.29, 1.82) is 0 Å². The van der Waals surface area contributed by atoms with Crippen LogP contribution in [0.2, 0.25) is 0 Å². The van der Waals surface area contributed by atoms with Gasteiger partial charge in [-0.1, -0.05) is 6.92 Å². The average molecular weight is 179 g/mol. The van der Waals surface area contributed by atoms with E-state index in [0.29, 0.717) is 12.1 Å². The predicted molar refractivity (Wildman–Crippen MR) is 51.2 cm³/mol. The van der Waals surface area contributed by atoms with Gasteiger partial charge in [0, 0.05) is 18.7 Å². The van der Waals surface area contributed by atoms with E-state index in [1.165, 1.54) is 0 Å². The van der Waals surface area contributed by atoms with Crippen molar-refractivity contribution in [2.24, 2.45) is 11.7 Å². The van der Waals surface area contributed by atoms with E-state index in [1.54, 1.807) is 25.3 Å². The van der Waals surface area contributed by atoms with E-state index in [2.05, 4.69) is 4.98 Å². The molecular weight excluding hydrogens is 166 g/mol. The van der Waals surface area contributed by atoms with E-state index in [4.69, 9.17) is 11.5 Å². The fourth-order valence-electron chi connectivity index (χ4n) is 0.998. The third-order valence-electron chi connectivity index (χ3n) is 1.91. The Morgan fingerprint density at radius 3 is 2.92 bits per heavy atom. The smallest absolute Gasteiger partial charge is 0.170 e. The Hall–Kier alpha value is -1.42. The van der Waals surface area contributed by atoms with Crippen LogP contribution in [0.25, 0.3) is 0 Å². The molecular formula is C9H13N3O. The maximum atomic E-state index is 11.6. The highest BCUT2D eigenvalue weighted by atomic mass is 16.1. The Bertz CT molecular complexity index is 311. The SMILES string of the molecule is CC(CN)C(=O)c1cccnc1N. The maximum absolute atomic E-state index is 11.6. The molecule has 1 heterocycles. The lowest BCUT2D eigenvalue weighted by Gasteiger charge is -2.08. The molecule has 0 radical (unpaired) electrons. The van der Waals surface area contributed by atoms with Gasteiger partial charge >= 0.3 is 0 Å². The van der Waals surface area contributed by atoms with Gasteiger partial charge < -0.3 is 11.5 Å². The van der Waals surface area contributed by atoms with Gasteiger partial charge in [0.2, 0.25) is 0 Å². The molecule has 13 heavy (non-hydrogen) atoms. The molecule has 0 saturated heterocycles. The number of ketones is 1. The van der Waals surface area contributed by atoms with E-state index in [0.717, 1.165) is 0 Å². The quantitative estimate of drug-likeness (QED) is 0.660. The summed E-state index contributed by atoms with van der Waals surface area (Å²) in [6.45, 7) is 2.10. The van der Waals surface area contributed by atoms with Crippen molar-refractivity contribution in [3.8, 4) is 0 Å². The lowest BCUT2D eigenvalue weighted by Crippen LogP contribution is -2.21. The van der Waals surface area contributed by atoms with Crippen LogP contribution in [0.4, 0.5) is 5.82 Å². The molecule has 0 aliphatic carbocycles. The van der Waals surface area contributed by atoms with Gasteiger partial charge in [0.05, 0.1) is 5.56 Å². The van der Waals surface area contributed by atoms with Gasteiger partial charge in [-0.25, -0.2) is 4.98 Å². The Kier molecular flexibility index (Phi) is 2.97. The number of hydrogen-bond donors (Lipinski definition) is 2. The number of nitrogens with zero attached hydrogens (tertiary/aromatic N) is 1. The van der Waals surface area contributed by atoms with Crippen LogP contribution in [0.15, 0.2) is 18.3 Å². The Morgan fingerprint density at radius 1 is 1.69 bits per heavy atom. The summed E-state index contributed by atoms with van der Waals surface area (Å²) in [5.41, 5.74) is 11.4. The second-order valence-electron chi connectivity index (χ2n) is 2.94. The fourth-order valence-corrected chi connectivity index (χ4v) is 0.998. The first kappa shape index (κ1) is 9.67. The third-order valence-corrected chi connectivity index (χ3v) is 1.91. The monoisotopic (exact) mass is 179 g/mol. The van der Waals surface area contributed by atoms with Crippen LogP contribution >= 0.6 is 0 Å². The number of pyridine rings is 1. The first-order valence-corrected chi connectivity index (χ1v) is 4.11. The van der Waals surface area contributed by atoms with Crippen molar-refractivity contribution in [1.82, 2.24) is 4.98 Å². The van der Waals surface area contributed by atoms with E-state index in [9.17, 15) is 4.79 Å². The van der Waals surface area contributed by atoms with Crippen LogP contribution in [0, 0.1) is 5.92 Å². The summed E-state index contributed by atoms with van der Waals surface area (Å²) in [4.78, 5) is 15.4. The molecule has 1 aromatic heterocycles. The zero-order valence-corrected chi connectivity index (χ0v) is 7.53. The first-order chi connectivity index (χ1) is 6.16. The van der Waals surface area contributed by atoms with E-state index < -0.39 is 0 Å². The maximum Gasteiger partial charge on any atom is 0.170 e. The molecule has 0 aliphatic rings. The molecule has 4 heteroatoms. The Morgan fingerprint density at radius 2 is 2.38 bits per heavy atom. The minimum atomic E-state index is -0.202. The highest BCUT2D eigenvalue weighted by Gasteiger charge is 2.15. The molecule has 4 N–H and O–H groups in total. The number of carbonyl (C=O) groups excluding carboxylic acids is 1. The molecule has 0 bridgehead atoms. The second kappa shape index (κ2) is 4.00. The number of hydrogen-bond acceptors (Lipinski definition) is 4. The molecule has 0 spiro atoms. The number of carbonyl (C=O) groups is 1. The fraction of sp³-hybridized carbons (Fsp3) is 0.333. The largest absolute Gasteiger partial charge is 0.383 e. The van der Waals surface area contributed by atoms with Gasteiger partial charge in [-0.05, 0) is 12.1 Å². The summed E-state index contributed by atoms with van der Waals surface area (Å²) in [7, 11) is 0. The number of rotatable bonds is 3. The Labute approximate surface area is 77.0 Å². The summed E-state index contributed by atoms with van der Waals surface area (Å²) in [6, 6.07) is 3.35. The molecule has 1 atom stereocenters. The van der Waals surface area contributed by atoms with Gasteiger partial charge in [-0.3, -0.25) is 4.79 Å². The summed E-state index contributed by atoms with van der Waals surface area (Å²) < 4.78 is 0. The third kappa shape index (κ3) is 2.03. The van der Waals surface area contributed by atoms with Gasteiger partial charge in [-0.15, -0.1) is 0 Å². The van der Waals surface area contributed by atoms with E-state index in [-0.39, 0.29) is 17.5 Å². The standard InChI is InChI=1S/C9H13N3O/c1-6(5-10)8(13)7-3-2-4-12-9(7)11/h2-4,6H,5,10H2,1H3,(H2,11,12). The zero-order chi connectivity index (χ0) is 9.84. The summed E-state index contributed by atoms with van der Waals surface area (Å²) in [6.07, 6.45) is 1.55. The highest BCUT2D eigenvalue weighted by molar-refractivity contribution is 6.01. The van der Waals surface area contributed by atoms with E-state index >= 15 is 0 Å². The predicted octanol–water partition coefficient (Wildman–Crippen LogP) is 0.441.